The fraction of sp³-hybridized carbons (Fsp3) is 0.438. The van der Waals surface area contributed by atoms with Crippen molar-refractivity contribution in [3.63, 3.8) is 0 Å². The molecule has 0 bridgehead atoms. The van der Waals surface area contributed by atoms with Crippen molar-refractivity contribution in [1.29, 1.82) is 0 Å². The second-order valence-corrected chi connectivity index (χ2v) is 6.49. The zero-order valence-electron chi connectivity index (χ0n) is 12.0. The average molecular weight is 334 g/mol. The fourth-order valence-electron chi connectivity index (χ4n) is 2.89. The van der Waals surface area contributed by atoms with Crippen molar-refractivity contribution < 1.29 is 0 Å². The summed E-state index contributed by atoms with van der Waals surface area (Å²) in [5.74, 6) is 0. The van der Waals surface area contributed by atoms with Gasteiger partial charge in [-0.1, -0.05) is 18.2 Å². The van der Waals surface area contributed by atoms with Crippen LogP contribution < -0.4 is 5.32 Å². The molecule has 0 amide bonds. The molecule has 2 aromatic rings. The molecule has 1 N–H and O–H groups in total. The van der Waals surface area contributed by atoms with E-state index in [4.69, 9.17) is 0 Å². The molecule has 1 aromatic carbocycles. The van der Waals surface area contributed by atoms with Crippen molar-refractivity contribution in [2.24, 2.45) is 0 Å². The lowest BCUT2D eigenvalue weighted by Crippen LogP contribution is -2.15. The van der Waals surface area contributed by atoms with Gasteiger partial charge < -0.3 is 5.32 Å². The Bertz CT molecular complexity index is 616. The Morgan fingerprint density at radius 1 is 1.40 bits per heavy atom. The maximum absolute atomic E-state index is 4.47. The molecule has 0 saturated carbocycles. The summed E-state index contributed by atoms with van der Waals surface area (Å²) in [6.45, 7) is 5.41. The highest BCUT2D eigenvalue weighted by molar-refractivity contribution is 9.10. The topological polar surface area (TPSA) is 29.9 Å². The first-order valence-corrected chi connectivity index (χ1v) is 8.02. The third-order valence-corrected chi connectivity index (χ3v) is 4.52. The van der Waals surface area contributed by atoms with Gasteiger partial charge in [-0.2, -0.15) is 5.10 Å². The quantitative estimate of drug-likeness (QED) is 0.913. The van der Waals surface area contributed by atoms with Gasteiger partial charge in [0.05, 0.1) is 16.4 Å². The van der Waals surface area contributed by atoms with Crippen molar-refractivity contribution in [1.82, 2.24) is 9.78 Å². The maximum Gasteiger partial charge on any atom is 0.0635 e. The van der Waals surface area contributed by atoms with Crippen LogP contribution in [0.1, 0.15) is 43.1 Å². The number of fused-ring (bicyclic) bond motifs is 1. The van der Waals surface area contributed by atoms with Crippen molar-refractivity contribution >= 4 is 21.6 Å². The molecule has 3 rings (SSSR count). The van der Waals surface area contributed by atoms with Crippen LogP contribution in [0.5, 0.6) is 0 Å². The third kappa shape index (κ3) is 2.49. The zero-order chi connectivity index (χ0) is 14.1. The lowest BCUT2D eigenvalue weighted by atomic mass is 9.97. The second-order valence-electron chi connectivity index (χ2n) is 5.64. The summed E-state index contributed by atoms with van der Waals surface area (Å²) in [6, 6.07) is 7.01. The minimum Gasteiger partial charge on any atom is -0.385 e. The molecule has 0 atom stereocenters. The molecule has 0 fully saturated rings. The van der Waals surface area contributed by atoms with E-state index in [0.717, 1.165) is 17.4 Å². The van der Waals surface area contributed by atoms with Crippen LogP contribution in [-0.2, 0) is 12.8 Å². The Hall–Kier alpha value is -1.29. The van der Waals surface area contributed by atoms with E-state index in [2.05, 4.69) is 63.1 Å². The molecule has 0 radical (unpaired) electrons. The Balaban J connectivity index is 1.98. The lowest BCUT2D eigenvalue weighted by molar-refractivity contribution is 0.513. The number of aromatic nitrogens is 2. The molecule has 1 aliphatic rings. The Morgan fingerprint density at radius 3 is 3.05 bits per heavy atom. The minimum atomic E-state index is 0.379. The van der Waals surface area contributed by atoms with Crippen LogP contribution in [0.25, 0.3) is 0 Å². The molecular formula is C16H20BrN3. The van der Waals surface area contributed by atoms with E-state index >= 15 is 0 Å². The molecule has 3 nitrogen and oxygen atoms in total. The number of anilines is 1. The lowest BCUT2D eigenvalue weighted by Gasteiger charge is -2.22. The minimum absolute atomic E-state index is 0.379. The number of para-hydroxylation sites is 1. The van der Waals surface area contributed by atoms with E-state index in [1.54, 1.807) is 0 Å². The Morgan fingerprint density at radius 2 is 2.25 bits per heavy atom. The van der Waals surface area contributed by atoms with E-state index in [1.165, 1.54) is 35.3 Å². The molecule has 1 aliphatic heterocycles. The fourth-order valence-corrected chi connectivity index (χ4v) is 3.30. The molecule has 2 heterocycles. The van der Waals surface area contributed by atoms with Crippen LogP contribution in [0.15, 0.2) is 28.9 Å². The van der Waals surface area contributed by atoms with Gasteiger partial charge in [-0.05, 0) is 53.7 Å². The van der Waals surface area contributed by atoms with Gasteiger partial charge >= 0.3 is 0 Å². The molecule has 4 heteroatoms. The number of nitrogens with zero attached hydrogens (tertiary/aromatic N) is 2. The average Bonchev–Trinajstić information content (AvgIpc) is 2.81. The first-order valence-electron chi connectivity index (χ1n) is 7.23. The molecule has 0 saturated heterocycles. The summed E-state index contributed by atoms with van der Waals surface area (Å²) >= 11 is 3.64. The highest BCUT2D eigenvalue weighted by atomic mass is 79.9. The number of rotatable bonds is 3. The van der Waals surface area contributed by atoms with Gasteiger partial charge in [0.25, 0.3) is 0 Å². The molecule has 20 heavy (non-hydrogen) atoms. The summed E-state index contributed by atoms with van der Waals surface area (Å²) in [5, 5.41) is 8.04. The van der Waals surface area contributed by atoms with Gasteiger partial charge in [-0.15, -0.1) is 0 Å². The number of hydrogen-bond acceptors (Lipinski definition) is 2. The van der Waals surface area contributed by atoms with E-state index in [9.17, 15) is 0 Å². The zero-order valence-corrected chi connectivity index (χ0v) is 13.6. The maximum atomic E-state index is 4.47. The van der Waals surface area contributed by atoms with E-state index in [-0.39, 0.29) is 0 Å². The highest BCUT2D eigenvalue weighted by Gasteiger charge is 2.16. The van der Waals surface area contributed by atoms with Crippen molar-refractivity contribution in [3.05, 3.63) is 45.7 Å². The van der Waals surface area contributed by atoms with Gasteiger partial charge in [-0.3, -0.25) is 4.68 Å². The number of benzene rings is 1. The van der Waals surface area contributed by atoms with Gasteiger partial charge in [-0.25, -0.2) is 0 Å². The number of hydrogen-bond donors (Lipinski definition) is 1. The van der Waals surface area contributed by atoms with Crippen molar-refractivity contribution in [2.45, 2.75) is 39.2 Å². The Labute approximate surface area is 128 Å². The van der Waals surface area contributed by atoms with Gasteiger partial charge in [0.2, 0.25) is 0 Å². The Kier molecular flexibility index (Phi) is 3.83. The normalized spacial score (nSPS) is 14.2. The molecular weight excluding hydrogens is 314 g/mol. The monoisotopic (exact) mass is 333 g/mol. The smallest absolute Gasteiger partial charge is 0.0635 e. The number of aryl methyl sites for hydroxylation is 1. The number of nitrogens with one attached hydrogen (secondary N) is 1. The SMILES string of the molecule is CC(C)n1ncc(Br)c1Cc1cccc2c1NCCC2. The van der Waals surface area contributed by atoms with Crippen LogP contribution in [0.3, 0.4) is 0 Å². The summed E-state index contributed by atoms with van der Waals surface area (Å²) in [7, 11) is 0. The van der Waals surface area contributed by atoms with Crippen molar-refractivity contribution in [2.75, 3.05) is 11.9 Å². The van der Waals surface area contributed by atoms with Gasteiger partial charge in [0, 0.05) is 24.7 Å². The number of halogens is 1. The first-order chi connectivity index (χ1) is 9.66. The summed E-state index contributed by atoms with van der Waals surface area (Å²) in [6.07, 6.45) is 5.22. The van der Waals surface area contributed by atoms with Crippen molar-refractivity contribution in [3.8, 4) is 0 Å². The molecule has 0 unspecified atom stereocenters. The van der Waals surface area contributed by atoms with E-state index in [1.807, 2.05) is 6.20 Å². The third-order valence-electron chi connectivity index (χ3n) is 3.86. The molecule has 0 spiro atoms. The second kappa shape index (κ2) is 5.60. The van der Waals surface area contributed by atoms with E-state index in [0.29, 0.717) is 6.04 Å². The van der Waals surface area contributed by atoms with Crippen LogP contribution in [0.2, 0.25) is 0 Å². The van der Waals surface area contributed by atoms with Gasteiger partial charge in [0.15, 0.2) is 0 Å². The largest absolute Gasteiger partial charge is 0.385 e. The molecule has 1 aromatic heterocycles. The predicted molar refractivity (Wildman–Crippen MR) is 86.4 cm³/mol. The molecule has 0 aliphatic carbocycles. The first kappa shape index (κ1) is 13.7. The highest BCUT2D eigenvalue weighted by Crippen LogP contribution is 2.30. The summed E-state index contributed by atoms with van der Waals surface area (Å²) < 4.78 is 3.20. The molecule has 106 valence electrons. The summed E-state index contributed by atoms with van der Waals surface area (Å²) in [5.41, 5.74) is 5.40. The summed E-state index contributed by atoms with van der Waals surface area (Å²) in [4.78, 5) is 0. The van der Waals surface area contributed by atoms with Crippen LogP contribution >= 0.6 is 15.9 Å². The van der Waals surface area contributed by atoms with E-state index < -0.39 is 0 Å². The predicted octanol–water partition coefficient (Wildman–Crippen LogP) is 4.18. The van der Waals surface area contributed by atoms with Crippen LogP contribution in [-0.4, -0.2) is 16.3 Å². The van der Waals surface area contributed by atoms with Gasteiger partial charge in [0.1, 0.15) is 0 Å². The van der Waals surface area contributed by atoms with Crippen LogP contribution in [0.4, 0.5) is 5.69 Å². The van der Waals surface area contributed by atoms with Crippen LogP contribution in [0, 0.1) is 0 Å². The standard InChI is InChI=1S/C16H20BrN3/c1-11(2)20-15(14(17)10-19-20)9-13-6-3-5-12-7-4-8-18-16(12)13/h3,5-6,10-11,18H,4,7-9H2,1-2H3.